The molecule has 2 aromatic rings. The van der Waals surface area contributed by atoms with Crippen molar-refractivity contribution in [3.8, 4) is 11.5 Å². The van der Waals surface area contributed by atoms with Crippen LogP contribution in [0, 0.1) is 0 Å². The zero-order chi connectivity index (χ0) is 18.4. The molecule has 0 aliphatic heterocycles. The van der Waals surface area contributed by atoms with Gasteiger partial charge in [-0.1, -0.05) is 34.5 Å². The van der Waals surface area contributed by atoms with Crippen LogP contribution in [0.3, 0.4) is 0 Å². The zero-order valence-corrected chi connectivity index (χ0v) is 16.3. The number of benzene rings is 2. The van der Waals surface area contributed by atoms with E-state index in [0.717, 1.165) is 16.5 Å². The van der Waals surface area contributed by atoms with Gasteiger partial charge in [0, 0.05) is 22.3 Å². The van der Waals surface area contributed by atoms with E-state index in [0.29, 0.717) is 30.3 Å². The normalized spacial score (nSPS) is 10.4. The van der Waals surface area contributed by atoms with Crippen molar-refractivity contribution in [3.63, 3.8) is 0 Å². The molecule has 0 bridgehead atoms. The second-order valence-electron chi connectivity index (χ2n) is 5.26. The smallest absolute Gasteiger partial charge is 0.337 e. The summed E-state index contributed by atoms with van der Waals surface area (Å²) in [6, 6.07) is 8.52. The van der Waals surface area contributed by atoms with E-state index < -0.39 is 5.97 Å². The first-order valence-corrected chi connectivity index (χ1v) is 8.89. The summed E-state index contributed by atoms with van der Waals surface area (Å²) in [6.07, 6.45) is 0.877. The minimum atomic E-state index is -1.07. The van der Waals surface area contributed by atoms with Crippen LogP contribution in [-0.2, 0) is 6.54 Å². The third kappa shape index (κ3) is 4.80. The summed E-state index contributed by atoms with van der Waals surface area (Å²) in [4.78, 5) is 11.2. The molecule has 0 unspecified atom stereocenters. The molecule has 0 atom stereocenters. The Morgan fingerprint density at radius 2 is 2.08 bits per heavy atom. The highest BCUT2D eigenvalue weighted by atomic mass is 79.9. The molecular weight excluding hydrogens is 410 g/mol. The number of ether oxygens (including phenoxy) is 2. The molecule has 0 fully saturated rings. The number of carboxylic acid groups (broad SMARTS) is 1. The Morgan fingerprint density at radius 3 is 2.72 bits per heavy atom. The van der Waals surface area contributed by atoms with Gasteiger partial charge >= 0.3 is 5.97 Å². The highest BCUT2D eigenvalue weighted by Crippen LogP contribution is 2.37. The lowest BCUT2D eigenvalue weighted by atomic mass is 10.1. The predicted molar refractivity (Wildman–Crippen MR) is 102 cm³/mol. The molecule has 0 spiro atoms. The molecule has 25 heavy (non-hydrogen) atoms. The number of methoxy groups -OCH3 is 1. The number of hydrogen-bond acceptors (Lipinski definition) is 4. The highest BCUT2D eigenvalue weighted by molar-refractivity contribution is 9.10. The van der Waals surface area contributed by atoms with Crippen LogP contribution in [0.2, 0.25) is 5.02 Å². The van der Waals surface area contributed by atoms with Crippen LogP contribution in [0.4, 0.5) is 5.69 Å². The molecular formula is C18H19BrClNO4. The van der Waals surface area contributed by atoms with Gasteiger partial charge in [-0.25, -0.2) is 4.79 Å². The van der Waals surface area contributed by atoms with Crippen molar-refractivity contribution >= 4 is 39.2 Å². The molecule has 0 aromatic heterocycles. The number of rotatable bonds is 8. The monoisotopic (exact) mass is 427 g/mol. The summed E-state index contributed by atoms with van der Waals surface area (Å²) >= 11 is 9.44. The first-order chi connectivity index (χ1) is 12.0. The van der Waals surface area contributed by atoms with E-state index in [9.17, 15) is 9.90 Å². The van der Waals surface area contributed by atoms with Crippen LogP contribution in [0.5, 0.6) is 11.5 Å². The van der Waals surface area contributed by atoms with Gasteiger partial charge < -0.3 is 19.9 Å². The summed E-state index contributed by atoms with van der Waals surface area (Å²) in [5.41, 5.74) is 1.59. The fourth-order valence-corrected chi connectivity index (χ4v) is 2.91. The van der Waals surface area contributed by atoms with E-state index in [-0.39, 0.29) is 10.6 Å². The van der Waals surface area contributed by atoms with Gasteiger partial charge in [0.2, 0.25) is 0 Å². The highest BCUT2D eigenvalue weighted by Gasteiger charge is 2.15. The van der Waals surface area contributed by atoms with Gasteiger partial charge in [-0.05, 0) is 36.8 Å². The standard InChI is InChI=1S/C18H19BrClNO4/c1-3-8-25-17-13(14(19)5-7-16(17)24-2)10-21-11-4-6-15(20)12(9-11)18(22)23/h4-7,9,21H,3,8,10H2,1-2H3,(H,22,23). The molecule has 0 aliphatic carbocycles. The van der Waals surface area contributed by atoms with E-state index in [1.54, 1.807) is 19.2 Å². The molecule has 2 aromatic carbocycles. The van der Waals surface area contributed by atoms with Gasteiger partial charge in [0.05, 0.1) is 24.3 Å². The van der Waals surface area contributed by atoms with Crippen LogP contribution in [0.25, 0.3) is 0 Å². The predicted octanol–water partition coefficient (Wildman–Crippen LogP) is 5.21. The van der Waals surface area contributed by atoms with E-state index in [2.05, 4.69) is 21.2 Å². The summed E-state index contributed by atoms with van der Waals surface area (Å²) in [7, 11) is 1.59. The first kappa shape index (κ1) is 19.4. The van der Waals surface area contributed by atoms with Crippen molar-refractivity contribution in [2.75, 3.05) is 19.0 Å². The first-order valence-electron chi connectivity index (χ1n) is 7.72. The van der Waals surface area contributed by atoms with E-state index in [1.165, 1.54) is 6.07 Å². The molecule has 0 saturated heterocycles. The SMILES string of the molecule is CCCOc1c(OC)ccc(Br)c1CNc1ccc(Cl)c(C(=O)O)c1. The summed E-state index contributed by atoms with van der Waals surface area (Å²) in [5.74, 6) is 0.248. The second-order valence-corrected chi connectivity index (χ2v) is 6.52. The van der Waals surface area contributed by atoms with E-state index in [4.69, 9.17) is 21.1 Å². The van der Waals surface area contributed by atoms with Gasteiger partial charge in [0.1, 0.15) is 0 Å². The Hall–Kier alpha value is -1.92. The van der Waals surface area contributed by atoms with Crippen LogP contribution >= 0.6 is 27.5 Å². The van der Waals surface area contributed by atoms with Crippen molar-refractivity contribution in [3.05, 3.63) is 51.0 Å². The quantitative estimate of drug-likeness (QED) is 0.604. The Bertz CT molecular complexity index is 767. The van der Waals surface area contributed by atoms with Crippen molar-refractivity contribution in [1.82, 2.24) is 0 Å². The Balaban J connectivity index is 2.28. The van der Waals surface area contributed by atoms with Crippen molar-refractivity contribution in [2.24, 2.45) is 0 Å². The second kappa shape index (κ2) is 8.97. The average molecular weight is 429 g/mol. The number of nitrogens with one attached hydrogen (secondary N) is 1. The van der Waals surface area contributed by atoms with Gasteiger partial charge in [-0.15, -0.1) is 0 Å². The van der Waals surface area contributed by atoms with Crippen molar-refractivity contribution in [2.45, 2.75) is 19.9 Å². The summed E-state index contributed by atoms with van der Waals surface area (Å²) < 4.78 is 12.1. The molecule has 2 N–H and O–H groups in total. The average Bonchev–Trinajstić information content (AvgIpc) is 2.60. The molecule has 0 aliphatic rings. The zero-order valence-electron chi connectivity index (χ0n) is 13.9. The van der Waals surface area contributed by atoms with Gasteiger partial charge in [0.25, 0.3) is 0 Å². The largest absolute Gasteiger partial charge is 0.493 e. The number of aromatic carboxylic acids is 1. The van der Waals surface area contributed by atoms with Crippen LogP contribution in [0.15, 0.2) is 34.8 Å². The maximum absolute atomic E-state index is 11.2. The molecule has 7 heteroatoms. The minimum absolute atomic E-state index is 0.0545. The topological polar surface area (TPSA) is 67.8 Å². The number of hydrogen-bond donors (Lipinski definition) is 2. The lowest BCUT2D eigenvalue weighted by Crippen LogP contribution is -2.07. The third-order valence-electron chi connectivity index (χ3n) is 3.50. The molecule has 2 rings (SSSR count). The molecule has 0 heterocycles. The Kier molecular flexibility index (Phi) is 6.96. The van der Waals surface area contributed by atoms with Crippen LogP contribution in [0.1, 0.15) is 29.3 Å². The summed E-state index contributed by atoms with van der Waals surface area (Å²) in [6.45, 7) is 3.03. The lowest BCUT2D eigenvalue weighted by Gasteiger charge is -2.17. The van der Waals surface area contributed by atoms with E-state index in [1.807, 2.05) is 19.1 Å². The number of carboxylic acids is 1. The number of anilines is 1. The summed E-state index contributed by atoms with van der Waals surface area (Å²) in [5, 5.41) is 12.6. The number of halogens is 2. The fourth-order valence-electron chi connectivity index (χ4n) is 2.26. The molecule has 5 nitrogen and oxygen atoms in total. The molecule has 0 radical (unpaired) electrons. The Morgan fingerprint density at radius 1 is 1.32 bits per heavy atom. The van der Waals surface area contributed by atoms with E-state index >= 15 is 0 Å². The third-order valence-corrected chi connectivity index (χ3v) is 4.58. The van der Waals surface area contributed by atoms with Crippen LogP contribution < -0.4 is 14.8 Å². The number of carbonyl (C=O) groups is 1. The minimum Gasteiger partial charge on any atom is -0.493 e. The fraction of sp³-hybridized carbons (Fsp3) is 0.278. The molecule has 0 saturated carbocycles. The maximum Gasteiger partial charge on any atom is 0.337 e. The van der Waals surface area contributed by atoms with Crippen molar-refractivity contribution < 1.29 is 19.4 Å². The van der Waals surface area contributed by atoms with Crippen molar-refractivity contribution in [1.29, 1.82) is 0 Å². The van der Waals surface area contributed by atoms with Gasteiger partial charge in [-0.2, -0.15) is 0 Å². The Labute approximate surface area is 160 Å². The lowest BCUT2D eigenvalue weighted by molar-refractivity contribution is 0.0697. The molecule has 0 amide bonds. The van der Waals surface area contributed by atoms with Crippen LogP contribution in [-0.4, -0.2) is 24.8 Å². The molecule has 134 valence electrons. The maximum atomic E-state index is 11.2. The van der Waals surface area contributed by atoms with Gasteiger partial charge in [-0.3, -0.25) is 0 Å². The van der Waals surface area contributed by atoms with Gasteiger partial charge in [0.15, 0.2) is 11.5 Å².